The number of carbonyl (C=O) groups excluding carboxylic acids is 1. The molecule has 1 amide bonds. The number of halogens is 2. The van der Waals surface area contributed by atoms with Crippen molar-refractivity contribution < 1.29 is 23.8 Å². The Morgan fingerprint density at radius 2 is 1.68 bits per heavy atom. The molecule has 0 fully saturated rings. The van der Waals surface area contributed by atoms with Gasteiger partial charge in [-0.05, 0) is 60.0 Å². The number of hydrogen-bond acceptors (Lipinski definition) is 3. The lowest BCUT2D eigenvalue weighted by molar-refractivity contribution is -0.134. The average Bonchev–Trinajstić information content (AvgIpc) is 2.75. The van der Waals surface area contributed by atoms with Gasteiger partial charge in [0.1, 0.15) is 23.0 Å². The van der Waals surface area contributed by atoms with Gasteiger partial charge in [-0.2, -0.15) is 0 Å². The molecule has 158 valence electrons. The van der Waals surface area contributed by atoms with Gasteiger partial charge in [0.05, 0.1) is 5.02 Å². The first-order valence-corrected chi connectivity index (χ1v) is 9.80. The van der Waals surface area contributed by atoms with Crippen molar-refractivity contribution in [3.63, 3.8) is 0 Å². The molecule has 0 heterocycles. The van der Waals surface area contributed by atoms with E-state index in [0.29, 0.717) is 28.5 Å². The Labute approximate surface area is 183 Å². The van der Waals surface area contributed by atoms with Crippen molar-refractivity contribution >= 4 is 29.6 Å². The SMILES string of the molecule is O=C(CCc1ccc(F)cc1)NC(=Cc1ccc(Oc2ccccc2Cl)cc1)C(=O)O. The third-order valence-electron chi connectivity index (χ3n) is 4.31. The summed E-state index contributed by atoms with van der Waals surface area (Å²) in [6.45, 7) is 0. The maximum absolute atomic E-state index is 12.9. The molecule has 7 heteroatoms. The van der Waals surface area contributed by atoms with Crippen molar-refractivity contribution in [2.75, 3.05) is 0 Å². The summed E-state index contributed by atoms with van der Waals surface area (Å²) in [7, 11) is 0. The van der Waals surface area contributed by atoms with E-state index < -0.39 is 11.9 Å². The molecule has 0 radical (unpaired) electrons. The van der Waals surface area contributed by atoms with Crippen LogP contribution in [0.5, 0.6) is 11.5 Å². The zero-order valence-corrected chi connectivity index (χ0v) is 17.1. The monoisotopic (exact) mass is 439 g/mol. The number of carbonyl (C=O) groups is 2. The lowest BCUT2D eigenvalue weighted by atomic mass is 10.1. The number of aryl methyl sites for hydroxylation is 1. The summed E-state index contributed by atoms with van der Waals surface area (Å²) in [6.07, 6.45) is 1.80. The van der Waals surface area contributed by atoms with E-state index in [9.17, 15) is 19.1 Å². The molecular formula is C24H19ClFNO4. The third-order valence-corrected chi connectivity index (χ3v) is 4.63. The molecule has 3 aromatic rings. The fourth-order valence-electron chi connectivity index (χ4n) is 2.73. The van der Waals surface area contributed by atoms with Crippen LogP contribution >= 0.6 is 11.6 Å². The fraction of sp³-hybridized carbons (Fsp3) is 0.0833. The summed E-state index contributed by atoms with van der Waals surface area (Å²) in [5, 5.41) is 12.3. The summed E-state index contributed by atoms with van der Waals surface area (Å²) in [6, 6.07) is 19.5. The van der Waals surface area contributed by atoms with Crippen LogP contribution in [0.15, 0.2) is 78.5 Å². The smallest absolute Gasteiger partial charge is 0.352 e. The maximum atomic E-state index is 12.9. The van der Waals surface area contributed by atoms with Crippen LogP contribution in [0.4, 0.5) is 4.39 Å². The highest BCUT2D eigenvalue weighted by Crippen LogP contribution is 2.29. The lowest BCUT2D eigenvalue weighted by Crippen LogP contribution is -2.27. The van der Waals surface area contributed by atoms with E-state index in [4.69, 9.17) is 16.3 Å². The zero-order valence-electron chi connectivity index (χ0n) is 16.3. The van der Waals surface area contributed by atoms with Crippen molar-refractivity contribution in [1.82, 2.24) is 5.32 Å². The van der Waals surface area contributed by atoms with Gasteiger partial charge >= 0.3 is 5.97 Å². The average molecular weight is 440 g/mol. The lowest BCUT2D eigenvalue weighted by Gasteiger charge is -2.08. The molecule has 0 atom stereocenters. The van der Waals surface area contributed by atoms with Crippen LogP contribution < -0.4 is 10.1 Å². The number of aliphatic carboxylic acids is 1. The quantitative estimate of drug-likeness (QED) is 0.458. The molecule has 0 saturated heterocycles. The predicted octanol–water partition coefficient (Wildman–Crippen LogP) is 5.45. The molecule has 5 nitrogen and oxygen atoms in total. The van der Waals surface area contributed by atoms with Crippen LogP contribution in [0, 0.1) is 5.82 Å². The number of carboxylic acids is 1. The van der Waals surface area contributed by atoms with Crippen LogP contribution in [0.1, 0.15) is 17.5 Å². The number of rotatable bonds is 8. The highest BCUT2D eigenvalue weighted by atomic mass is 35.5. The van der Waals surface area contributed by atoms with Gasteiger partial charge in [-0.1, -0.05) is 48.0 Å². The van der Waals surface area contributed by atoms with E-state index in [0.717, 1.165) is 5.56 Å². The Bertz CT molecular complexity index is 1100. The van der Waals surface area contributed by atoms with Gasteiger partial charge in [-0.25, -0.2) is 9.18 Å². The number of para-hydroxylation sites is 1. The van der Waals surface area contributed by atoms with Crippen molar-refractivity contribution in [2.24, 2.45) is 0 Å². The van der Waals surface area contributed by atoms with Gasteiger partial charge in [-0.15, -0.1) is 0 Å². The highest BCUT2D eigenvalue weighted by molar-refractivity contribution is 6.32. The van der Waals surface area contributed by atoms with Crippen molar-refractivity contribution in [1.29, 1.82) is 0 Å². The van der Waals surface area contributed by atoms with Crippen molar-refractivity contribution in [2.45, 2.75) is 12.8 Å². The second-order valence-corrected chi connectivity index (χ2v) is 7.05. The second kappa shape index (κ2) is 10.4. The zero-order chi connectivity index (χ0) is 22.2. The predicted molar refractivity (Wildman–Crippen MR) is 116 cm³/mol. The van der Waals surface area contributed by atoms with Gasteiger partial charge in [0.25, 0.3) is 0 Å². The summed E-state index contributed by atoms with van der Waals surface area (Å²) in [5.41, 5.74) is 1.11. The molecule has 31 heavy (non-hydrogen) atoms. The minimum Gasteiger partial charge on any atom is -0.477 e. The van der Waals surface area contributed by atoms with Gasteiger partial charge in [0.15, 0.2) is 0 Å². The number of benzene rings is 3. The van der Waals surface area contributed by atoms with E-state index in [2.05, 4.69) is 5.32 Å². The molecule has 3 rings (SSSR count). The molecule has 0 aliphatic rings. The number of carboxylic acid groups (broad SMARTS) is 1. The van der Waals surface area contributed by atoms with Crippen LogP contribution in [0.3, 0.4) is 0 Å². The number of nitrogens with one attached hydrogen (secondary N) is 1. The Morgan fingerprint density at radius 1 is 1.00 bits per heavy atom. The molecule has 0 saturated carbocycles. The van der Waals surface area contributed by atoms with Gasteiger partial charge in [-0.3, -0.25) is 4.79 Å². The Morgan fingerprint density at radius 3 is 2.32 bits per heavy atom. The summed E-state index contributed by atoms with van der Waals surface area (Å²) >= 11 is 6.07. The Kier molecular flexibility index (Phi) is 7.40. The van der Waals surface area contributed by atoms with Gasteiger partial charge in [0, 0.05) is 6.42 Å². The minimum atomic E-state index is -1.26. The standard InChI is InChI=1S/C24H19ClFNO4/c25-20-3-1-2-4-22(20)31-19-12-7-17(8-13-19)15-21(24(29)30)27-23(28)14-9-16-5-10-18(26)11-6-16/h1-8,10-13,15H,9,14H2,(H,27,28)(H,29,30). The highest BCUT2D eigenvalue weighted by Gasteiger charge is 2.12. The Hall–Kier alpha value is -3.64. The number of hydrogen-bond donors (Lipinski definition) is 2. The van der Waals surface area contributed by atoms with Crippen LogP contribution in [0.2, 0.25) is 5.02 Å². The first-order chi connectivity index (χ1) is 14.9. The fourth-order valence-corrected chi connectivity index (χ4v) is 2.90. The summed E-state index contributed by atoms with van der Waals surface area (Å²) in [4.78, 5) is 23.7. The van der Waals surface area contributed by atoms with Crippen molar-refractivity contribution in [3.05, 3.63) is 100 Å². The van der Waals surface area contributed by atoms with E-state index in [1.807, 2.05) is 0 Å². The molecule has 0 aromatic heterocycles. The Balaban J connectivity index is 1.63. The van der Waals surface area contributed by atoms with E-state index in [1.54, 1.807) is 60.7 Å². The summed E-state index contributed by atoms with van der Waals surface area (Å²) < 4.78 is 18.6. The van der Waals surface area contributed by atoms with Crippen LogP contribution in [-0.4, -0.2) is 17.0 Å². The first kappa shape index (κ1) is 22.1. The first-order valence-electron chi connectivity index (χ1n) is 9.42. The molecule has 2 N–H and O–H groups in total. The number of ether oxygens (including phenoxy) is 1. The second-order valence-electron chi connectivity index (χ2n) is 6.64. The molecular weight excluding hydrogens is 421 g/mol. The maximum Gasteiger partial charge on any atom is 0.352 e. The number of amides is 1. The van der Waals surface area contributed by atoms with E-state index in [-0.39, 0.29) is 17.9 Å². The van der Waals surface area contributed by atoms with Gasteiger partial charge in [0.2, 0.25) is 5.91 Å². The normalized spacial score (nSPS) is 11.1. The van der Waals surface area contributed by atoms with E-state index >= 15 is 0 Å². The third kappa shape index (κ3) is 6.69. The van der Waals surface area contributed by atoms with Crippen LogP contribution in [0.25, 0.3) is 6.08 Å². The molecule has 0 aliphatic heterocycles. The topological polar surface area (TPSA) is 75.6 Å². The molecule has 0 unspecified atom stereocenters. The van der Waals surface area contributed by atoms with Gasteiger partial charge < -0.3 is 15.2 Å². The molecule has 0 aliphatic carbocycles. The molecule has 0 spiro atoms. The van der Waals surface area contributed by atoms with Crippen molar-refractivity contribution in [3.8, 4) is 11.5 Å². The minimum absolute atomic E-state index is 0.0703. The summed E-state index contributed by atoms with van der Waals surface area (Å²) in [5.74, 6) is -1.02. The van der Waals surface area contributed by atoms with E-state index in [1.165, 1.54) is 18.2 Å². The largest absolute Gasteiger partial charge is 0.477 e. The molecule has 0 bridgehead atoms. The van der Waals surface area contributed by atoms with Crippen LogP contribution in [-0.2, 0) is 16.0 Å². The molecule has 3 aromatic carbocycles.